The standard InChI is InChI=1S/C22H23N5O2S/c1-14(13-29-3)25-22(28)20-9-16(21-19(26-20)6-7-30-21)8-15-4-5-18(23-10-15)17-11-24-27(2)12-17/h4-7,9-12,14H,8,13H2,1-3H3,(H,25,28). The lowest BCUT2D eigenvalue weighted by Gasteiger charge is -2.13. The summed E-state index contributed by atoms with van der Waals surface area (Å²) >= 11 is 1.63. The Morgan fingerprint density at radius 2 is 2.17 bits per heavy atom. The van der Waals surface area contributed by atoms with Crippen LogP contribution in [-0.4, -0.2) is 45.4 Å². The van der Waals surface area contributed by atoms with Crippen LogP contribution in [0.3, 0.4) is 0 Å². The molecule has 1 amide bonds. The van der Waals surface area contributed by atoms with Crippen LogP contribution in [0, 0.1) is 0 Å². The molecule has 0 saturated carbocycles. The van der Waals surface area contributed by atoms with E-state index in [4.69, 9.17) is 4.74 Å². The van der Waals surface area contributed by atoms with Crippen molar-refractivity contribution in [3.05, 3.63) is 65.1 Å². The van der Waals surface area contributed by atoms with Crippen LogP contribution in [0.15, 0.2) is 48.2 Å². The number of aromatic nitrogens is 4. The molecule has 8 heteroatoms. The van der Waals surface area contributed by atoms with Gasteiger partial charge in [-0.25, -0.2) is 4.98 Å². The van der Waals surface area contributed by atoms with Crippen LogP contribution in [0.2, 0.25) is 0 Å². The van der Waals surface area contributed by atoms with Gasteiger partial charge in [-0.2, -0.15) is 5.10 Å². The molecule has 1 N–H and O–H groups in total. The Morgan fingerprint density at radius 3 is 2.87 bits per heavy atom. The molecular weight excluding hydrogens is 398 g/mol. The van der Waals surface area contributed by atoms with Crippen LogP contribution in [-0.2, 0) is 18.2 Å². The first-order valence-corrected chi connectivity index (χ1v) is 10.5. The summed E-state index contributed by atoms with van der Waals surface area (Å²) < 4.78 is 7.95. The van der Waals surface area contributed by atoms with Gasteiger partial charge in [0.15, 0.2) is 0 Å². The molecule has 0 aliphatic heterocycles. The molecule has 0 aliphatic rings. The number of pyridine rings is 2. The van der Waals surface area contributed by atoms with Crippen LogP contribution in [0.1, 0.15) is 28.5 Å². The molecule has 30 heavy (non-hydrogen) atoms. The van der Waals surface area contributed by atoms with E-state index >= 15 is 0 Å². The molecule has 0 saturated heterocycles. The topological polar surface area (TPSA) is 81.9 Å². The smallest absolute Gasteiger partial charge is 0.270 e. The van der Waals surface area contributed by atoms with Gasteiger partial charge in [0.25, 0.3) is 5.91 Å². The van der Waals surface area contributed by atoms with Crippen molar-refractivity contribution in [1.82, 2.24) is 25.1 Å². The zero-order valence-corrected chi connectivity index (χ0v) is 17.9. The molecule has 0 fully saturated rings. The minimum absolute atomic E-state index is 0.0878. The maximum Gasteiger partial charge on any atom is 0.270 e. The molecule has 4 rings (SSSR count). The third-order valence-corrected chi connectivity index (χ3v) is 5.71. The average Bonchev–Trinajstić information content (AvgIpc) is 3.37. The summed E-state index contributed by atoms with van der Waals surface area (Å²) in [6.07, 6.45) is 6.29. The minimum Gasteiger partial charge on any atom is -0.383 e. The number of carbonyl (C=O) groups is 1. The molecule has 0 radical (unpaired) electrons. The quantitative estimate of drug-likeness (QED) is 0.494. The van der Waals surface area contributed by atoms with Crippen molar-refractivity contribution in [2.75, 3.05) is 13.7 Å². The fourth-order valence-electron chi connectivity index (χ4n) is 3.33. The lowest BCUT2D eigenvalue weighted by molar-refractivity contribution is 0.0901. The largest absolute Gasteiger partial charge is 0.383 e. The number of amides is 1. The van der Waals surface area contributed by atoms with Gasteiger partial charge in [0, 0.05) is 44.6 Å². The Bertz CT molecular complexity index is 1170. The van der Waals surface area contributed by atoms with Gasteiger partial charge in [-0.05, 0) is 41.6 Å². The number of fused-ring (bicyclic) bond motifs is 1. The number of thiophene rings is 1. The van der Waals surface area contributed by atoms with Gasteiger partial charge in [-0.15, -0.1) is 11.3 Å². The van der Waals surface area contributed by atoms with Crippen molar-refractivity contribution in [2.45, 2.75) is 19.4 Å². The van der Waals surface area contributed by atoms with Crippen molar-refractivity contribution >= 4 is 27.5 Å². The number of nitrogens with one attached hydrogen (secondary N) is 1. The molecule has 4 aromatic heterocycles. The fraction of sp³-hybridized carbons (Fsp3) is 0.273. The number of hydrogen-bond acceptors (Lipinski definition) is 6. The van der Waals surface area contributed by atoms with Crippen LogP contribution >= 0.6 is 11.3 Å². The van der Waals surface area contributed by atoms with Gasteiger partial charge in [0.1, 0.15) is 5.69 Å². The molecule has 0 aromatic carbocycles. The van der Waals surface area contributed by atoms with E-state index < -0.39 is 0 Å². The Balaban J connectivity index is 1.59. The second-order valence-electron chi connectivity index (χ2n) is 7.26. The lowest BCUT2D eigenvalue weighted by Crippen LogP contribution is -2.36. The maximum absolute atomic E-state index is 12.7. The number of rotatable bonds is 7. The number of ether oxygens (including phenoxy) is 1. The van der Waals surface area contributed by atoms with E-state index in [1.807, 2.05) is 49.9 Å². The van der Waals surface area contributed by atoms with Gasteiger partial charge in [-0.1, -0.05) is 6.07 Å². The number of hydrogen-bond donors (Lipinski definition) is 1. The van der Waals surface area contributed by atoms with E-state index in [0.717, 1.165) is 32.6 Å². The first kappa shape index (κ1) is 20.2. The second-order valence-corrected chi connectivity index (χ2v) is 8.18. The molecule has 1 unspecified atom stereocenters. The van der Waals surface area contributed by atoms with Crippen LogP contribution < -0.4 is 5.32 Å². The first-order valence-electron chi connectivity index (χ1n) is 9.64. The Labute approximate surface area is 178 Å². The molecule has 0 bridgehead atoms. The Morgan fingerprint density at radius 1 is 1.30 bits per heavy atom. The van der Waals surface area contributed by atoms with E-state index in [1.165, 1.54) is 0 Å². The number of nitrogens with zero attached hydrogens (tertiary/aromatic N) is 4. The van der Waals surface area contributed by atoms with E-state index in [0.29, 0.717) is 18.7 Å². The first-order chi connectivity index (χ1) is 14.5. The van der Waals surface area contributed by atoms with Gasteiger partial charge < -0.3 is 10.1 Å². The Kier molecular flexibility index (Phi) is 5.87. The third kappa shape index (κ3) is 4.39. The highest BCUT2D eigenvalue weighted by Crippen LogP contribution is 2.27. The van der Waals surface area contributed by atoms with Crippen molar-refractivity contribution in [1.29, 1.82) is 0 Å². The minimum atomic E-state index is -0.195. The number of carbonyl (C=O) groups excluding carboxylic acids is 1. The lowest BCUT2D eigenvalue weighted by atomic mass is 10.0. The van der Waals surface area contributed by atoms with Crippen LogP contribution in [0.4, 0.5) is 0 Å². The molecule has 0 spiro atoms. The van der Waals surface area contributed by atoms with Crippen LogP contribution in [0.25, 0.3) is 21.5 Å². The Hall–Kier alpha value is -3.10. The van der Waals surface area contributed by atoms with Crippen LogP contribution in [0.5, 0.6) is 0 Å². The zero-order valence-electron chi connectivity index (χ0n) is 17.1. The summed E-state index contributed by atoms with van der Waals surface area (Å²) in [6, 6.07) is 7.80. The summed E-state index contributed by atoms with van der Waals surface area (Å²) in [5.41, 5.74) is 5.26. The van der Waals surface area contributed by atoms with Gasteiger partial charge in [-0.3, -0.25) is 14.5 Å². The molecule has 4 heterocycles. The summed E-state index contributed by atoms with van der Waals surface area (Å²) in [5.74, 6) is -0.195. The van der Waals surface area contributed by atoms with Gasteiger partial charge >= 0.3 is 0 Å². The van der Waals surface area contributed by atoms with E-state index in [-0.39, 0.29) is 11.9 Å². The number of methoxy groups -OCH3 is 1. The normalized spacial score (nSPS) is 12.2. The SMILES string of the molecule is COCC(C)NC(=O)c1cc(Cc2ccc(-c3cnn(C)c3)nc2)c2sccc2n1. The van der Waals surface area contributed by atoms with E-state index in [1.54, 1.807) is 29.3 Å². The molecule has 154 valence electrons. The highest BCUT2D eigenvalue weighted by Gasteiger charge is 2.15. The van der Waals surface area contributed by atoms with Crippen molar-refractivity contribution in [2.24, 2.45) is 7.05 Å². The van der Waals surface area contributed by atoms with Gasteiger partial charge in [0.05, 0.1) is 28.7 Å². The van der Waals surface area contributed by atoms with Gasteiger partial charge in [0.2, 0.25) is 0 Å². The zero-order chi connectivity index (χ0) is 21.1. The highest BCUT2D eigenvalue weighted by atomic mass is 32.1. The predicted molar refractivity (Wildman–Crippen MR) is 118 cm³/mol. The molecular formula is C22H23N5O2S. The third-order valence-electron chi connectivity index (χ3n) is 4.73. The van der Waals surface area contributed by atoms with E-state index in [9.17, 15) is 4.79 Å². The molecule has 4 aromatic rings. The summed E-state index contributed by atoms with van der Waals surface area (Å²) in [5, 5.41) is 9.12. The maximum atomic E-state index is 12.7. The summed E-state index contributed by atoms with van der Waals surface area (Å²) in [4.78, 5) is 21.8. The number of aryl methyl sites for hydroxylation is 1. The molecule has 0 aliphatic carbocycles. The predicted octanol–water partition coefficient (Wildman–Crippen LogP) is 3.45. The van der Waals surface area contributed by atoms with Crippen molar-refractivity contribution in [3.8, 4) is 11.3 Å². The van der Waals surface area contributed by atoms with Crippen molar-refractivity contribution < 1.29 is 9.53 Å². The van der Waals surface area contributed by atoms with E-state index in [2.05, 4.69) is 26.4 Å². The fourth-order valence-corrected chi connectivity index (χ4v) is 4.18. The monoisotopic (exact) mass is 421 g/mol. The second kappa shape index (κ2) is 8.73. The highest BCUT2D eigenvalue weighted by molar-refractivity contribution is 7.17. The van der Waals surface area contributed by atoms with Crippen molar-refractivity contribution in [3.63, 3.8) is 0 Å². The molecule has 7 nitrogen and oxygen atoms in total. The summed E-state index contributed by atoms with van der Waals surface area (Å²) in [6.45, 7) is 2.36. The average molecular weight is 422 g/mol. The molecule has 1 atom stereocenters. The summed E-state index contributed by atoms with van der Waals surface area (Å²) in [7, 11) is 3.50.